The van der Waals surface area contributed by atoms with Gasteiger partial charge in [-0.2, -0.15) is 0 Å². The zero-order valence-electron chi connectivity index (χ0n) is 30.3. The van der Waals surface area contributed by atoms with Crippen molar-refractivity contribution in [3.05, 3.63) is 258 Å². The minimum absolute atomic E-state index is 0.0522. The summed E-state index contributed by atoms with van der Waals surface area (Å²) in [5.74, 6) is 0. The molecule has 0 bridgehead atoms. The second-order valence-electron chi connectivity index (χ2n) is 13.0. The predicted molar refractivity (Wildman–Crippen MR) is 230 cm³/mol. The minimum atomic E-state index is -0.384. The zero-order chi connectivity index (χ0) is 38.7. The zero-order valence-corrected chi connectivity index (χ0v) is 30.3. The Morgan fingerprint density at radius 2 is 0.571 bits per heavy atom. The van der Waals surface area contributed by atoms with Gasteiger partial charge in [0, 0.05) is 24.3 Å². The molecule has 56 heavy (non-hydrogen) atoms. The highest BCUT2D eigenvalue weighted by atomic mass is 16.6. The molecule has 0 aliphatic heterocycles. The van der Waals surface area contributed by atoms with Crippen molar-refractivity contribution < 1.29 is 9.85 Å². The van der Waals surface area contributed by atoms with Crippen LogP contribution in [0.25, 0.3) is 47.6 Å². The van der Waals surface area contributed by atoms with Crippen molar-refractivity contribution in [2.24, 2.45) is 0 Å². The molecule has 0 N–H and O–H groups in total. The molecule has 0 aromatic heterocycles. The Balaban J connectivity index is 1.21. The molecule has 0 unspecified atom stereocenters. The van der Waals surface area contributed by atoms with Crippen molar-refractivity contribution in [1.82, 2.24) is 0 Å². The molecule has 7 aromatic carbocycles. The number of nitrogens with zero attached hydrogens (tertiary/aromatic N) is 2. The molecule has 6 nitrogen and oxygen atoms in total. The van der Waals surface area contributed by atoms with Crippen molar-refractivity contribution in [2.75, 3.05) is 0 Å². The van der Waals surface area contributed by atoms with Crippen LogP contribution in [-0.2, 0) is 0 Å². The van der Waals surface area contributed by atoms with E-state index in [9.17, 15) is 20.2 Å². The van der Waals surface area contributed by atoms with Gasteiger partial charge in [0.05, 0.1) is 9.85 Å². The average molecular weight is 729 g/mol. The summed E-state index contributed by atoms with van der Waals surface area (Å²) >= 11 is 0. The first-order chi connectivity index (χ1) is 27.4. The van der Waals surface area contributed by atoms with Crippen LogP contribution in [0.5, 0.6) is 0 Å². The molecule has 0 fully saturated rings. The van der Waals surface area contributed by atoms with E-state index < -0.39 is 0 Å². The molecule has 7 rings (SSSR count). The van der Waals surface area contributed by atoms with Gasteiger partial charge in [-0.15, -0.1) is 0 Å². The summed E-state index contributed by atoms with van der Waals surface area (Å²) in [5.41, 5.74) is 12.0. The van der Waals surface area contributed by atoms with Crippen LogP contribution >= 0.6 is 0 Å². The first-order valence-corrected chi connectivity index (χ1v) is 18.1. The van der Waals surface area contributed by atoms with Crippen molar-refractivity contribution >= 4 is 59.0 Å². The van der Waals surface area contributed by atoms with Crippen LogP contribution < -0.4 is 0 Å². The van der Waals surface area contributed by atoms with E-state index in [1.165, 1.54) is 24.3 Å². The van der Waals surface area contributed by atoms with Crippen LogP contribution in [0.3, 0.4) is 0 Å². The first-order valence-electron chi connectivity index (χ1n) is 18.1. The largest absolute Gasteiger partial charge is 0.269 e. The van der Waals surface area contributed by atoms with Gasteiger partial charge < -0.3 is 0 Å². The maximum Gasteiger partial charge on any atom is 0.269 e. The molecular formula is C50H36N2O4. The van der Waals surface area contributed by atoms with E-state index >= 15 is 0 Å². The van der Waals surface area contributed by atoms with E-state index in [-0.39, 0.29) is 21.2 Å². The third-order valence-corrected chi connectivity index (χ3v) is 9.42. The summed E-state index contributed by atoms with van der Waals surface area (Å²) in [4.78, 5) is 21.9. The van der Waals surface area contributed by atoms with Crippen LogP contribution in [-0.4, -0.2) is 9.85 Å². The molecule has 0 aliphatic carbocycles. The fourth-order valence-corrected chi connectivity index (χ4v) is 6.50. The summed E-state index contributed by atoms with van der Waals surface area (Å²) < 4.78 is 0. The highest BCUT2D eigenvalue weighted by molar-refractivity contribution is 5.95. The second kappa shape index (κ2) is 17.4. The number of hydrogen-bond acceptors (Lipinski definition) is 4. The van der Waals surface area contributed by atoms with Gasteiger partial charge in [-0.05, 0) is 103 Å². The van der Waals surface area contributed by atoms with Crippen molar-refractivity contribution in [3.63, 3.8) is 0 Å². The first kappa shape index (κ1) is 36.6. The second-order valence-corrected chi connectivity index (χ2v) is 13.0. The topological polar surface area (TPSA) is 86.3 Å². The standard InChI is InChI=1S/C50H36N2O4/c53-51(54)47-31-27-43(28-32-47)49(41-17-3-1-4-18-41)35-45-21-11-9-15-39(45)25-23-37-13-7-8-14-38(37)24-26-40-16-10-12-22-46(40)36-50(42-19-5-2-6-20-42)44-29-33-48(34-30-44)52(55)56/h1-36H. The van der Waals surface area contributed by atoms with E-state index in [0.29, 0.717) is 0 Å². The Morgan fingerprint density at radius 3 is 0.875 bits per heavy atom. The van der Waals surface area contributed by atoms with E-state index in [0.717, 1.165) is 66.8 Å². The summed E-state index contributed by atoms with van der Waals surface area (Å²) in [6.07, 6.45) is 12.7. The number of hydrogen-bond donors (Lipinski definition) is 0. The molecule has 0 atom stereocenters. The molecular weight excluding hydrogens is 693 g/mol. The number of nitro groups is 2. The maximum atomic E-state index is 11.4. The molecule has 0 heterocycles. The van der Waals surface area contributed by atoms with Crippen LogP contribution in [0.1, 0.15) is 55.6 Å². The molecule has 7 aromatic rings. The van der Waals surface area contributed by atoms with Gasteiger partial charge in [-0.3, -0.25) is 20.2 Å². The van der Waals surface area contributed by atoms with Crippen LogP contribution in [0.4, 0.5) is 11.4 Å². The monoisotopic (exact) mass is 728 g/mol. The van der Waals surface area contributed by atoms with Crippen molar-refractivity contribution in [2.45, 2.75) is 0 Å². The van der Waals surface area contributed by atoms with Crippen molar-refractivity contribution in [3.8, 4) is 0 Å². The molecule has 0 spiro atoms. The Labute approximate surface area is 325 Å². The lowest BCUT2D eigenvalue weighted by Gasteiger charge is -2.11. The van der Waals surface area contributed by atoms with Gasteiger partial charge in [0.25, 0.3) is 11.4 Å². The van der Waals surface area contributed by atoms with E-state index in [1.54, 1.807) is 24.3 Å². The molecule has 6 heteroatoms. The SMILES string of the molecule is O=[N+]([O-])c1ccc(C(=Cc2ccccc2C=Cc2ccccc2C=Cc2ccccc2C=C(c2ccccc2)c2ccc([N+](=O)[O-])cc2)c2ccccc2)cc1. The smallest absolute Gasteiger partial charge is 0.258 e. The van der Waals surface area contributed by atoms with Crippen LogP contribution in [0, 0.1) is 20.2 Å². The molecule has 0 saturated carbocycles. The van der Waals surface area contributed by atoms with Gasteiger partial charge in [0.1, 0.15) is 0 Å². The molecule has 270 valence electrons. The fraction of sp³-hybridized carbons (Fsp3) is 0. The van der Waals surface area contributed by atoms with Gasteiger partial charge in [-0.1, -0.05) is 158 Å². The summed E-state index contributed by atoms with van der Waals surface area (Å²) in [6, 6.07) is 58.0. The van der Waals surface area contributed by atoms with Crippen LogP contribution in [0.2, 0.25) is 0 Å². The molecule has 0 radical (unpaired) electrons. The normalized spacial score (nSPS) is 11.9. The lowest BCUT2D eigenvalue weighted by molar-refractivity contribution is -0.385. The van der Waals surface area contributed by atoms with E-state index in [1.807, 2.05) is 97.1 Å². The number of non-ortho nitro benzene ring substituents is 2. The van der Waals surface area contributed by atoms with Gasteiger partial charge in [0.2, 0.25) is 0 Å². The maximum absolute atomic E-state index is 11.4. The minimum Gasteiger partial charge on any atom is -0.258 e. The van der Waals surface area contributed by atoms with E-state index in [4.69, 9.17) is 0 Å². The Kier molecular flexibility index (Phi) is 11.4. The van der Waals surface area contributed by atoms with Gasteiger partial charge >= 0.3 is 0 Å². The molecule has 0 aliphatic rings. The third-order valence-electron chi connectivity index (χ3n) is 9.42. The summed E-state index contributed by atoms with van der Waals surface area (Å²) in [7, 11) is 0. The average Bonchev–Trinajstić information content (AvgIpc) is 3.25. The number of nitro benzene ring substituents is 2. The lowest BCUT2D eigenvalue weighted by atomic mass is 9.93. The summed E-state index contributed by atoms with van der Waals surface area (Å²) in [6.45, 7) is 0. The fourth-order valence-electron chi connectivity index (χ4n) is 6.50. The summed E-state index contributed by atoms with van der Waals surface area (Å²) in [5, 5.41) is 22.7. The number of rotatable bonds is 12. The lowest BCUT2D eigenvalue weighted by Crippen LogP contribution is -1.92. The van der Waals surface area contributed by atoms with Gasteiger partial charge in [0.15, 0.2) is 0 Å². The highest BCUT2D eigenvalue weighted by Crippen LogP contribution is 2.31. The van der Waals surface area contributed by atoms with Gasteiger partial charge in [-0.25, -0.2) is 0 Å². The number of benzene rings is 7. The third kappa shape index (κ3) is 8.90. The Bertz CT molecular complexity index is 2420. The van der Waals surface area contributed by atoms with E-state index in [2.05, 4.69) is 72.9 Å². The molecule has 0 amide bonds. The van der Waals surface area contributed by atoms with Crippen LogP contribution in [0.15, 0.2) is 182 Å². The quantitative estimate of drug-likeness (QED) is 0.0712. The Hall–Kier alpha value is -7.70. The predicted octanol–water partition coefficient (Wildman–Crippen LogP) is 13.0. The highest BCUT2D eigenvalue weighted by Gasteiger charge is 2.12. The van der Waals surface area contributed by atoms with Crippen molar-refractivity contribution in [1.29, 1.82) is 0 Å². The molecule has 0 saturated heterocycles. The Morgan fingerprint density at radius 1 is 0.321 bits per heavy atom.